The Kier molecular flexibility index (Phi) is 9.27. The lowest BCUT2D eigenvalue weighted by molar-refractivity contribution is -0.140. The molecular formula is C26H37N3O4S. The van der Waals surface area contributed by atoms with Gasteiger partial charge in [0.05, 0.1) is 11.9 Å². The van der Waals surface area contributed by atoms with Gasteiger partial charge < -0.3 is 10.2 Å². The summed E-state index contributed by atoms with van der Waals surface area (Å²) in [5, 5.41) is 2.90. The predicted octanol–water partition coefficient (Wildman–Crippen LogP) is 3.71. The van der Waals surface area contributed by atoms with Gasteiger partial charge in [0.2, 0.25) is 21.8 Å². The van der Waals surface area contributed by atoms with Gasteiger partial charge in [0, 0.05) is 12.6 Å². The molecule has 0 bridgehead atoms. The molecule has 7 nitrogen and oxygen atoms in total. The van der Waals surface area contributed by atoms with E-state index < -0.39 is 22.0 Å². The molecule has 2 rings (SSSR count). The molecule has 8 heteroatoms. The quantitative estimate of drug-likeness (QED) is 0.554. The molecule has 1 unspecified atom stereocenters. The molecule has 0 aliphatic rings. The number of amides is 2. The monoisotopic (exact) mass is 487 g/mol. The molecule has 0 radical (unpaired) electrons. The fourth-order valence-corrected chi connectivity index (χ4v) is 5.05. The number of aryl methyl sites for hydroxylation is 3. The smallest absolute Gasteiger partial charge is 0.244 e. The first-order valence-corrected chi connectivity index (χ1v) is 13.4. The highest BCUT2D eigenvalue weighted by molar-refractivity contribution is 7.92. The Hall–Kier alpha value is -2.87. The molecule has 0 aliphatic heterocycles. The highest BCUT2D eigenvalue weighted by Crippen LogP contribution is 2.27. The Balaban J connectivity index is 2.50. The van der Waals surface area contributed by atoms with E-state index in [1.165, 1.54) is 4.90 Å². The first kappa shape index (κ1) is 27.4. The zero-order chi connectivity index (χ0) is 25.6. The van der Waals surface area contributed by atoms with Gasteiger partial charge >= 0.3 is 0 Å². The van der Waals surface area contributed by atoms with Gasteiger partial charge in [-0.2, -0.15) is 0 Å². The van der Waals surface area contributed by atoms with Crippen molar-refractivity contribution >= 4 is 27.5 Å². The first-order valence-electron chi connectivity index (χ1n) is 11.5. The number of hydrogen-bond acceptors (Lipinski definition) is 4. The summed E-state index contributed by atoms with van der Waals surface area (Å²) in [5.41, 5.74) is 3.93. The number of nitrogens with one attached hydrogen (secondary N) is 1. The van der Waals surface area contributed by atoms with Crippen molar-refractivity contribution < 1.29 is 18.0 Å². The van der Waals surface area contributed by atoms with Gasteiger partial charge in [-0.15, -0.1) is 0 Å². The third-order valence-electron chi connectivity index (χ3n) is 5.62. The minimum absolute atomic E-state index is 0.0837. The number of rotatable bonds is 10. The standard InChI is InChI=1S/C26H37N3O4S/c1-8-23(26(31)27-18(2)3)28(16-22-14-9-11-19(4)15-22)24(30)17-29(34(7,32)33)25-20(5)12-10-13-21(25)6/h9-15,18,23H,8,16-17H2,1-7H3,(H,27,31). The largest absolute Gasteiger partial charge is 0.352 e. The van der Waals surface area contributed by atoms with Crippen LogP contribution in [-0.4, -0.2) is 50.0 Å². The summed E-state index contributed by atoms with van der Waals surface area (Å²) in [7, 11) is -3.76. The lowest BCUT2D eigenvalue weighted by Gasteiger charge is -2.34. The molecule has 2 aromatic carbocycles. The van der Waals surface area contributed by atoms with E-state index >= 15 is 0 Å². The molecule has 0 aliphatic carbocycles. The van der Waals surface area contributed by atoms with E-state index in [9.17, 15) is 18.0 Å². The molecule has 0 heterocycles. The van der Waals surface area contributed by atoms with Crippen LogP contribution >= 0.6 is 0 Å². The molecule has 0 spiro atoms. The SMILES string of the molecule is CCC(C(=O)NC(C)C)N(Cc1cccc(C)c1)C(=O)CN(c1c(C)cccc1C)S(C)(=O)=O. The van der Waals surface area contributed by atoms with Crippen molar-refractivity contribution in [1.82, 2.24) is 10.2 Å². The number of nitrogens with zero attached hydrogens (tertiary/aromatic N) is 2. The molecule has 2 aromatic rings. The number of carbonyl (C=O) groups is 2. The topological polar surface area (TPSA) is 86.8 Å². The fourth-order valence-electron chi connectivity index (χ4n) is 4.08. The van der Waals surface area contributed by atoms with Crippen LogP contribution in [-0.2, 0) is 26.2 Å². The molecule has 0 aromatic heterocycles. The molecule has 1 N–H and O–H groups in total. The molecular weight excluding hydrogens is 450 g/mol. The van der Waals surface area contributed by atoms with Crippen molar-refractivity contribution in [3.8, 4) is 0 Å². The lowest BCUT2D eigenvalue weighted by atomic mass is 10.1. The highest BCUT2D eigenvalue weighted by Gasteiger charge is 2.32. The van der Waals surface area contributed by atoms with Gasteiger partial charge in [0.1, 0.15) is 12.6 Å². The Labute approximate surface area is 204 Å². The van der Waals surface area contributed by atoms with E-state index in [0.29, 0.717) is 12.1 Å². The maximum atomic E-state index is 13.7. The van der Waals surface area contributed by atoms with Crippen LogP contribution in [0.25, 0.3) is 0 Å². The third-order valence-corrected chi connectivity index (χ3v) is 6.73. The van der Waals surface area contributed by atoms with E-state index in [2.05, 4.69) is 5.32 Å². The zero-order valence-electron chi connectivity index (χ0n) is 21.3. The van der Waals surface area contributed by atoms with E-state index in [4.69, 9.17) is 0 Å². The Bertz CT molecular complexity index is 1110. The number of benzene rings is 2. The highest BCUT2D eigenvalue weighted by atomic mass is 32.2. The molecule has 0 saturated heterocycles. The van der Waals surface area contributed by atoms with Gasteiger partial charge in [-0.25, -0.2) is 8.42 Å². The van der Waals surface area contributed by atoms with Crippen LogP contribution in [0.5, 0.6) is 0 Å². The van der Waals surface area contributed by atoms with Crippen molar-refractivity contribution in [1.29, 1.82) is 0 Å². The van der Waals surface area contributed by atoms with Gasteiger partial charge in [-0.1, -0.05) is 55.0 Å². The van der Waals surface area contributed by atoms with E-state index in [0.717, 1.165) is 32.8 Å². The summed E-state index contributed by atoms with van der Waals surface area (Å²) in [4.78, 5) is 28.2. The molecule has 0 fully saturated rings. The van der Waals surface area contributed by atoms with Crippen LogP contribution in [0.15, 0.2) is 42.5 Å². The number of para-hydroxylation sites is 1. The van der Waals surface area contributed by atoms with Crippen LogP contribution in [0.2, 0.25) is 0 Å². The second kappa shape index (κ2) is 11.5. The van der Waals surface area contributed by atoms with Crippen LogP contribution in [0.1, 0.15) is 49.4 Å². The minimum atomic E-state index is -3.76. The van der Waals surface area contributed by atoms with Crippen molar-refractivity contribution in [3.63, 3.8) is 0 Å². The van der Waals surface area contributed by atoms with E-state index in [1.54, 1.807) is 0 Å². The van der Waals surface area contributed by atoms with Crippen molar-refractivity contribution in [3.05, 3.63) is 64.7 Å². The summed E-state index contributed by atoms with van der Waals surface area (Å²) in [6, 6.07) is 12.4. The third kappa shape index (κ3) is 7.06. The number of sulfonamides is 1. The number of carbonyl (C=O) groups excluding carboxylic acids is 2. The van der Waals surface area contributed by atoms with E-state index in [-0.39, 0.29) is 25.0 Å². The molecule has 34 heavy (non-hydrogen) atoms. The minimum Gasteiger partial charge on any atom is -0.352 e. The average Bonchev–Trinajstić information content (AvgIpc) is 2.71. The maximum Gasteiger partial charge on any atom is 0.244 e. The van der Waals surface area contributed by atoms with Crippen molar-refractivity contribution in [2.24, 2.45) is 0 Å². The van der Waals surface area contributed by atoms with Crippen LogP contribution < -0.4 is 9.62 Å². The average molecular weight is 488 g/mol. The summed E-state index contributed by atoms with van der Waals surface area (Å²) >= 11 is 0. The number of hydrogen-bond donors (Lipinski definition) is 1. The van der Waals surface area contributed by atoms with Crippen LogP contribution in [0.3, 0.4) is 0 Å². The van der Waals surface area contributed by atoms with Crippen molar-refractivity contribution in [2.75, 3.05) is 17.1 Å². The Morgan fingerprint density at radius 1 is 1.00 bits per heavy atom. The Morgan fingerprint density at radius 2 is 1.59 bits per heavy atom. The van der Waals surface area contributed by atoms with Gasteiger partial charge in [-0.3, -0.25) is 13.9 Å². The van der Waals surface area contributed by atoms with Crippen molar-refractivity contribution in [2.45, 2.75) is 66.6 Å². The second-order valence-corrected chi connectivity index (χ2v) is 11.0. The zero-order valence-corrected chi connectivity index (χ0v) is 22.1. The van der Waals surface area contributed by atoms with E-state index in [1.807, 2.05) is 84.0 Å². The molecule has 1 atom stereocenters. The summed E-state index contributed by atoms with van der Waals surface area (Å²) in [5.74, 6) is -0.683. The summed E-state index contributed by atoms with van der Waals surface area (Å²) in [6.07, 6.45) is 1.50. The van der Waals surface area contributed by atoms with Crippen LogP contribution in [0.4, 0.5) is 5.69 Å². The van der Waals surface area contributed by atoms with Gasteiger partial charge in [-0.05, 0) is 57.7 Å². The molecule has 186 valence electrons. The predicted molar refractivity (Wildman–Crippen MR) is 137 cm³/mol. The summed E-state index contributed by atoms with van der Waals surface area (Å²) < 4.78 is 26.7. The Morgan fingerprint density at radius 3 is 2.09 bits per heavy atom. The fraction of sp³-hybridized carbons (Fsp3) is 0.462. The maximum absolute atomic E-state index is 13.7. The second-order valence-electron chi connectivity index (χ2n) is 9.11. The van der Waals surface area contributed by atoms with Crippen LogP contribution in [0, 0.1) is 20.8 Å². The van der Waals surface area contributed by atoms with Gasteiger partial charge in [0.25, 0.3) is 0 Å². The number of anilines is 1. The normalized spacial score (nSPS) is 12.4. The lowest BCUT2D eigenvalue weighted by Crippen LogP contribution is -2.53. The first-order chi connectivity index (χ1) is 15.8. The van der Waals surface area contributed by atoms with Gasteiger partial charge in [0.15, 0.2) is 0 Å². The molecule has 0 saturated carbocycles. The summed E-state index contributed by atoms with van der Waals surface area (Å²) in [6.45, 7) is 11.0. The molecule has 2 amide bonds.